The molecule has 0 bridgehead atoms. The molecule has 8 heteroatoms. The lowest BCUT2D eigenvalue weighted by Crippen LogP contribution is -2.49. The van der Waals surface area contributed by atoms with Crippen molar-refractivity contribution in [3.63, 3.8) is 0 Å². The van der Waals surface area contributed by atoms with E-state index in [2.05, 4.69) is 25.1 Å². The molecule has 4 rings (SSSR count). The van der Waals surface area contributed by atoms with Gasteiger partial charge in [-0.3, -0.25) is 14.6 Å². The van der Waals surface area contributed by atoms with Gasteiger partial charge in [-0.25, -0.2) is 4.63 Å². The van der Waals surface area contributed by atoms with Crippen LogP contribution in [0.4, 0.5) is 0 Å². The second-order valence-corrected chi connectivity index (χ2v) is 7.06. The van der Waals surface area contributed by atoms with Gasteiger partial charge in [0.05, 0.1) is 0 Å². The van der Waals surface area contributed by atoms with Crippen LogP contribution in [0.1, 0.15) is 28.7 Å². The van der Waals surface area contributed by atoms with Crippen molar-refractivity contribution in [3.8, 4) is 0 Å². The fourth-order valence-electron chi connectivity index (χ4n) is 3.90. The topological polar surface area (TPSA) is 98.5 Å². The summed E-state index contributed by atoms with van der Waals surface area (Å²) in [5.74, 6) is -0.812. The van der Waals surface area contributed by atoms with Gasteiger partial charge in [0.1, 0.15) is 17.4 Å². The first-order valence-corrected chi connectivity index (χ1v) is 9.09. The number of piperazine rings is 1. The maximum Gasteiger partial charge on any atom is 0.325 e. The molecule has 1 aliphatic rings. The van der Waals surface area contributed by atoms with Gasteiger partial charge in [0.15, 0.2) is 0 Å². The summed E-state index contributed by atoms with van der Waals surface area (Å²) in [5, 5.41) is 18.7. The van der Waals surface area contributed by atoms with Gasteiger partial charge in [0.25, 0.3) is 0 Å². The molecule has 0 saturated carbocycles. The molecular weight excluding hydrogens is 346 g/mol. The van der Waals surface area contributed by atoms with Gasteiger partial charge in [-0.15, -0.1) is 0 Å². The number of carboxylic acid groups (broad SMARTS) is 1. The minimum absolute atomic E-state index is 0.654. The molecule has 1 aromatic carbocycles. The van der Waals surface area contributed by atoms with Crippen LogP contribution in [-0.2, 0) is 11.3 Å². The number of rotatable bonds is 5. The Labute approximate surface area is 156 Å². The molecule has 1 atom stereocenters. The summed E-state index contributed by atoms with van der Waals surface area (Å²) >= 11 is 0. The maximum absolute atomic E-state index is 12.2. The number of H-pyrrole nitrogens is 1. The zero-order chi connectivity index (χ0) is 19.0. The Morgan fingerprint density at radius 2 is 1.96 bits per heavy atom. The van der Waals surface area contributed by atoms with E-state index in [9.17, 15) is 9.90 Å². The molecule has 1 fully saturated rings. The predicted molar refractivity (Wildman–Crippen MR) is 99.3 cm³/mol. The first-order chi connectivity index (χ1) is 13.0. The molecule has 27 heavy (non-hydrogen) atoms. The summed E-state index contributed by atoms with van der Waals surface area (Å²) in [7, 11) is 0. The fourth-order valence-corrected chi connectivity index (χ4v) is 3.90. The van der Waals surface area contributed by atoms with Gasteiger partial charge in [-0.05, 0) is 19.9 Å². The van der Waals surface area contributed by atoms with Crippen molar-refractivity contribution >= 4 is 16.9 Å². The molecule has 2 N–H and O–H groups in total. The smallest absolute Gasteiger partial charge is 0.325 e. The number of para-hydroxylation sites is 1. The lowest BCUT2D eigenvalue weighted by Gasteiger charge is -2.37. The second-order valence-electron chi connectivity index (χ2n) is 7.06. The Bertz CT molecular complexity index is 955. The van der Waals surface area contributed by atoms with E-state index in [1.54, 1.807) is 0 Å². The van der Waals surface area contributed by atoms with Crippen LogP contribution in [0.3, 0.4) is 0 Å². The van der Waals surface area contributed by atoms with Gasteiger partial charge in [-0.1, -0.05) is 28.5 Å². The zero-order valence-corrected chi connectivity index (χ0v) is 15.5. The molecule has 142 valence electrons. The highest BCUT2D eigenvalue weighted by Crippen LogP contribution is 2.32. The van der Waals surface area contributed by atoms with Gasteiger partial charge >= 0.3 is 5.97 Å². The second kappa shape index (κ2) is 7.13. The molecule has 3 aromatic rings. The Kier molecular flexibility index (Phi) is 4.67. The van der Waals surface area contributed by atoms with Crippen molar-refractivity contribution in [3.05, 3.63) is 46.9 Å². The standard InChI is InChI=1S/C19H23N5O3/c1-12-16(22-27-21-12)11-23-7-9-24(10-8-23)18(19(25)26)17-13(2)20-15-6-4-3-5-14(15)17/h3-6,18,20H,7-11H2,1-2H3,(H,25,26)/t18-/m0/s1. The van der Waals surface area contributed by atoms with Gasteiger partial charge in [0.2, 0.25) is 0 Å². The van der Waals surface area contributed by atoms with E-state index in [0.29, 0.717) is 19.6 Å². The van der Waals surface area contributed by atoms with Crippen LogP contribution in [-0.4, -0.2) is 62.4 Å². The summed E-state index contributed by atoms with van der Waals surface area (Å²) in [6.45, 7) is 7.41. The van der Waals surface area contributed by atoms with Crippen LogP contribution >= 0.6 is 0 Å². The Morgan fingerprint density at radius 1 is 1.22 bits per heavy atom. The normalized spacial score (nSPS) is 17.4. The largest absolute Gasteiger partial charge is 0.480 e. The first-order valence-electron chi connectivity index (χ1n) is 9.09. The van der Waals surface area contributed by atoms with E-state index in [-0.39, 0.29) is 0 Å². The summed E-state index contributed by atoms with van der Waals surface area (Å²) in [5.41, 5.74) is 4.39. The minimum atomic E-state index is -0.812. The van der Waals surface area contributed by atoms with Crippen LogP contribution in [0.15, 0.2) is 28.9 Å². The van der Waals surface area contributed by atoms with Crippen LogP contribution in [0, 0.1) is 13.8 Å². The van der Waals surface area contributed by atoms with Gasteiger partial charge in [0, 0.05) is 54.9 Å². The molecule has 0 radical (unpaired) electrons. The average molecular weight is 369 g/mol. The Morgan fingerprint density at radius 3 is 2.63 bits per heavy atom. The lowest BCUT2D eigenvalue weighted by atomic mass is 10.0. The van der Waals surface area contributed by atoms with Gasteiger partial charge in [-0.2, -0.15) is 0 Å². The highest BCUT2D eigenvalue weighted by Gasteiger charge is 2.33. The quantitative estimate of drug-likeness (QED) is 0.711. The van der Waals surface area contributed by atoms with Crippen LogP contribution < -0.4 is 0 Å². The number of nitrogens with zero attached hydrogens (tertiary/aromatic N) is 4. The summed E-state index contributed by atoms with van der Waals surface area (Å²) < 4.78 is 4.76. The van der Waals surface area contributed by atoms with Crippen LogP contribution in [0.25, 0.3) is 10.9 Å². The van der Waals surface area contributed by atoms with E-state index in [1.807, 2.05) is 38.1 Å². The molecule has 3 heterocycles. The van der Waals surface area contributed by atoms with E-state index in [4.69, 9.17) is 4.63 Å². The Hall–Kier alpha value is -2.71. The fraction of sp³-hybridized carbons (Fsp3) is 0.421. The minimum Gasteiger partial charge on any atom is -0.480 e. The van der Waals surface area contributed by atoms with Crippen molar-refractivity contribution in [1.82, 2.24) is 25.1 Å². The van der Waals surface area contributed by atoms with E-state index in [1.165, 1.54) is 0 Å². The third kappa shape index (κ3) is 3.33. The molecule has 0 spiro atoms. The lowest BCUT2D eigenvalue weighted by molar-refractivity contribution is -0.144. The molecule has 8 nitrogen and oxygen atoms in total. The SMILES string of the molecule is Cc1nonc1CN1CCN([C@H](C(=O)O)c2c(C)[nH]c3ccccc23)CC1. The predicted octanol–water partition coefficient (Wildman–Crippen LogP) is 2.11. The Balaban J connectivity index is 1.53. The maximum atomic E-state index is 12.2. The third-order valence-electron chi connectivity index (χ3n) is 5.34. The number of benzene rings is 1. The van der Waals surface area contributed by atoms with Crippen molar-refractivity contribution in [2.45, 2.75) is 26.4 Å². The number of carboxylic acids is 1. The van der Waals surface area contributed by atoms with E-state index < -0.39 is 12.0 Å². The summed E-state index contributed by atoms with van der Waals surface area (Å²) in [6, 6.07) is 7.22. The molecule has 0 amide bonds. The molecule has 2 aromatic heterocycles. The highest BCUT2D eigenvalue weighted by molar-refractivity contribution is 5.90. The van der Waals surface area contributed by atoms with E-state index in [0.717, 1.165) is 46.6 Å². The third-order valence-corrected chi connectivity index (χ3v) is 5.34. The molecule has 0 unspecified atom stereocenters. The molecule has 0 aliphatic carbocycles. The molecule has 1 aliphatic heterocycles. The van der Waals surface area contributed by atoms with Crippen molar-refractivity contribution in [2.24, 2.45) is 0 Å². The number of hydrogen-bond acceptors (Lipinski definition) is 6. The number of nitrogens with one attached hydrogen (secondary N) is 1. The van der Waals surface area contributed by atoms with Crippen molar-refractivity contribution in [1.29, 1.82) is 0 Å². The monoisotopic (exact) mass is 369 g/mol. The van der Waals surface area contributed by atoms with Crippen molar-refractivity contribution in [2.75, 3.05) is 26.2 Å². The molecule has 1 saturated heterocycles. The van der Waals surface area contributed by atoms with Crippen LogP contribution in [0.2, 0.25) is 0 Å². The highest BCUT2D eigenvalue weighted by atomic mass is 16.6. The number of hydrogen-bond donors (Lipinski definition) is 2. The number of aliphatic carboxylic acids is 1. The van der Waals surface area contributed by atoms with Gasteiger partial charge < -0.3 is 10.1 Å². The van der Waals surface area contributed by atoms with Crippen LogP contribution in [0.5, 0.6) is 0 Å². The van der Waals surface area contributed by atoms with E-state index >= 15 is 0 Å². The first kappa shape index (κ1) is 17.7. The number of aromatic nitrogens is 3. The average Bonchev–Trinajstić information content (AvgIpc) is 3.20. The summed E-state index contributed by atoms with van der Waals surface area (Å²) in [4.78, 5) is 19.8. The number of aryl methyl sites for hydroxylation is 2. The zero-order valence-electron chi connectivity index (χ0n) is 15.5. The van der Waals surface area contributed by atoms with Crippen molar-refractivity contribution < 1.29 is 14.5 Å². The number of aromatic amines is 1. The number of carbonyl (C=O) groups is 1. The molecular formula is C19H23N5O3. The summed E-state index contributed by atoms with van der Waals surface area (Å²) in [6.07, 6.45) is 0. The number of fused-ring (bicyclic) bond motifs is 1.